The molecule has 124 valence electrons. The first kappa shape index (κ1) is 17.1. The Kier molecular flexibility index (Phi) is 6.20. The number of ketones is 1. The molecule has 1 aromatic carbocycles. The average molecular weight is 317 g/mol. The zero-order chi connectivity index (χ0) is 16.7. The van der Waals surface area contributed by atoms with Gasteiger partial charge in [0.15, 0.2) is 0 Å². The van der Waals surface area contributed by atoms with E-state index in [4.69, 9.17) is 9.47 Å². The van der Waals surface area contributed by atoms with Gasteiger partial charge in [0.25, 0.3) is 0 Å². The van der Waals surface area contributed by atoms with Crippen LogP contribution >= 0.6 is 0 Å². The van der Waals surface area contributed by atoms with Gasteiger partial charge in [0, 0.05) is 18.0 Å². The summed E-state index contributed by atoms with van der Waals surface area (Å²) < 4.78 is 10.3. The molecule has 1 aliphatic carbocycles. The first-order valence-electron chi connectivity index (χ1n) is 7.86. The van der Waals surface area contributed by atoms with Gasteiger partial charge in [0.1, 0.15) is 24.2 Å². The van der Waals surface area contributed by atoms with Gasteiger partial charge in [-0.2, -0.15) is 0 Å². The maximum absolute atomic E-state index is 12.4. The van der Waals surface area contributed by atoms with Crippen LogP contribution in [0.2, 0.25) is 0 Å². The highest BCUT2D eigenvalue weighted by Gasteiger charge is 2.36. The summed E-state index contributed by atoms with van der Waals surface area (Å²) in [5, 5.41) is 3.15. The molecule has 2 unspecified atom stereocenters. The molecule has 0 amide bonds. The van der Waals surface area contributed by atoms with E-state index in [1.807, 2.05) is 12.1 Å². The zero-order valence-corrected chi connectivity index (χ0v) is 13.4. The molecular weight excluding hydrogens is 294 g/mol. The quantitative estimate of drug-likeness (QED) is 0.619. The average Bonchev–Trinajstić information content (AvgIpc) is 2.59. The summed E-state index contributed by atoms with van der Waals surface area (Å²) in [6.45, 7) is 3.68. The predicted molar refractivity (Wildman–Crippen MR) is 88.5 cm³/mol. The summed E-state index contributed by atoms with van der Waals surface area (Å²) in [6, 6.07) is 6.57. The Labute approximate surface area is 136 Å². The molecular formula is C18H23NO4. The van der Waals surface area contributed by atoms with Crippen LogP contribution in [0.3, 0.4) is 0 Å². The lowest BCUT2D eigenvalue weighted by atomic mass is 9.82. The van der Waals surface area contributed by atoms with Crippen LogP contribution in [0.15, 0.2) is 36.9 Å². The molecule has 1 aromatic rings. The van der Waals surface area contributed by atoms with E-state index in [0.29, 0.717) is 12.8 Å². The molecule has 23 heavy (non-hydrogen) atoms. The molecule has 0 aliphatic heterocycles. The minimum absolute atomic E-state index is 0.123. The number of carbonyl (C=O) groups is 2. The Balaban J connectivity index is 2.15. The Hall–Kier alpha value is -2.30. The number of esters is 1. The number of anilines is 1. The van der Waals surface area contributed by atoms with Crippen molar-refractivity contribution in [1.82, 2.24) is 0 Å². The van der Waals surface area contributed by atoms with Gasteiger partial charge >= 0.3 is 5.97 Å². The number of ether oxygens (including phenoxy) is 2. The summed E-state index contributed by atoms with van der Waals surface area (Å²) in [5.74, 6) is 0.0945. The van der Waals surface area contributed by atoms with Crippen molar-refractivity contribution in [1.29, 1.82) is 0 Å². The van der Waals surface area contributed by atoms with Crippen molar-refractivity contribution in [3.8, 4) is 5.75 Å². The van der Waals surface area contributed by atoms with E-state index >= 15 is 0 Å². The third-order valence-electron chi connectivity index (χ3n) is 4.01. The smallest absolute Gasteiger partial charge is 0.329 e. The van der Waals surface area contributed by atoms with Gasteiger partial charge < -0.3 is 14.8 Å². The third kappa shape index (κ3) is 4.58. The first-order valence-corrected chi connectivity index (χ1v) is 7.86. The summed E-state index contributed by atoms with van der Waals surface area (Å²) in [7, 11) is 1.60. The highest BCUT2D eigenvalue weighted by molar-refractivity contribution is 5.91. The second kappa shape index (κ2) is 8.36. The molecule has 1 fully saturated rings. The van der Waals surface area contributed by atoms with Crippen LogP contribution < -0.4 is 10.1 Å². The van der Waals surface area contributed by atoms with Crippen LogP contribution in [0, 0.1) is 5.92 Å². The topological polar surface area (TPSA) is 64.6 Å². The number of carbonyl (C=O) groups excluding carboxylic acids is 2. The van der Waals surface area contributed by atoms with Crippen LogP contribution in [-0.2, 0) is 14.3 Å². The summed E-state index contributed by atoms with van der Waals surface area (Å²) in [4.78, 5) is 24.6. The number of hydrogen-bond donors (Lipinski definition) is 1. The number of hydrogen-bond acceptors (Lipinski definition) is 5. The molecule has 1 N–H and O–H groups in total. The molecule has 0 heterocycles. The molecule has 1 saturated carbocycles. The van der Waals surface area contributed by atoms with Gasteiger partial charge in [-0.1, -0.05) is 19.1 Å². The molecule has 2 rings (SSSR count). The maximum Gasteiger partial charge on any atom is 0.329 e. The van der Waals surface area contributed by atoms with E-state index < -0.39 is 12.0 Å². The van der Waals surface area contributed by atoms with E-state index in [-0.39, 0.29) is 18.3 Å². The number of nitrogens with one attached hydrogen (secondary N) is 1. The lowest BCUT2D eigenvalue weighted by Gasteiger charge is -2.29. The Bertz CT molecular complexity index is 553. The number of Topliss-reactive ketones (excluding diaryl/α,β-unsaturated/α-hetero) is 1. The van der Waals surface area contributed by atoms with E-state index in [1.54, 1.807) is 19.2 Å². The number of methoxy groups -OCH3 is 1. The minimum Gasteiger partial charge on any atom is -0.497 e. The monoisotopic (exact) mass is 317 g/mol. The molecule has 1 aliphatic rings. The molecule has 5 nitrogen and oxygen atoms in total. The zero-order valence-electron chi connectivity index (χ0n) is 13.4. The van der Waals surface area contributed by atoms with Crippen molar-refractivity contribution >= 4 is 17.4 Å². The summed E-state index contributed by atoms with van der Waals surface area (Å²) in [6.07, 6.45) is 4.60. The van der Waals surface area contributed by atoms with Crippen molar-refractivity contribution in [3.05, 3.63) is 36.9 Å². The lowest BCUT2D eigenvalue weighted by Crippen LogP contribution is -2.43. The van der Waals surface area contributed by atoms with Crippen LogP contribution in [0.4, 0.5) is 5.69 Å². The van der Waals surface area contributed by atoms with E-state index in [1.165, 1.54) is 6.08 Å². The van der Waals surface area contributed by atoms with Crippen molar-refractivity contribution in [3.63, 3.8) is 0 Å². The molecule has 2 atom stereocenters. The normalized spacial score (nSPS) is 18.8. The Morgan fingerprint density at radius 3 is 2.74 bits per heavy atom. The molecule has 0 aromatic heterocycles. The van der Waals surface area contributed by atoms with Gasteiger partial charge in [-0.25, -0.2) is 4.79 Å². The highest BCUT2D eigenvalue weighted by Crippen LogP contribution is 2.27. The fourth-order valence-electron chi connectivity index (χ4n) is 2.78. The van der Waals surface area contributed by atoms with Crippen LogP contribution in [0.25, 0.3) is 0 Å². The van der Waals surface area contributed by atoms with E-state index in [9.17, 15) is 9.59 Å². The van der Waals surface area contributed by atoms with E-state index in [0.717, 1.165) is 24.3 Å². The Morgan fingerprint density at radius 1 is 1.39 bits per heavy atom. The number of rotatable bonds is 7. The largest absolute Gasteiger partial charge is 0.497 e. The standard InChI is InChI=1S/C18H23NO4/c1-3-12-23-18(21)17(15-6-4-5-7-16(15)20)19-13-8-10-14(22-2)11-9-13/h3,8-11,15,17,19H,1,4-7,12H2,2H3. The fraction of sp³-hybridized carbons (Fsp3) is 0.444. The molecule has 0 bridgehead atoms. The van der Waals surface area contributed by atoms with Crippen molar-refractivity contribution < 1.29 is 19.1 Å². The molecule has 0 saturated heterocycles. The number of benzene rings is 1. The van der Waals surface area contributed by atoms with Crippen LogP contribution in [0.1, 0.15) is 25.7 Å². The SMILES string of the molecule is C=CCOC(=O)C(Nc1ccc(OC)cc1)C1CCCCC1=O. The summed E-state index contributed by atoms with van der Waals surface area (Å²) in [5.41, 5.74) is 0.754. The lowest BCUT2D eigenvalue weighted by molar-refractivity contribution is -0.147. The van der Waals surface area contributed by atoms with Gasteiger partial charge in [-0.15, -0.1) is 0 Å². The van der Waals surface area contributed by atoms with E-state index in [2.05, 4.69) is 11.9 Å². The van der Waals surface area contributed by atoms with Crippen molar-refractivity contribution in [2.75, 3.05) is 19.0 Å². The summed E-state index contributed by atoms with van der Waals surface area (Å²) >= 11 is 0. The molecule has 5 heteroatoms. The molecule has 0 radical (unpaired) electrons. The second-order valence-electron chi connectivity index (χ2n) is 5.59. The van der Waals surface area contributed by atoms with Gasteiger partial charge in [0.2, 0.25) is 0 Å². The van der Waals surface area contributed by atoms with Gasteiger partial charge in [-0.05, 0) is 37.1 Å². The van der Waals surface area contributed by atoms with Gasteiger partial charge in [-0.3, -0.25) is 4.79 Å². The van der Waals surface area contributed by atoms with Crippen molar-refractivity contribution in [2.45, 2.75) is 31.7 Å². The highest BCUT2D eigenvalue weighted by atomic mass is 16.5. The van der Waals surface area contributed by atoms with Crippen LogP contribution in [-0.4, -0.2) is 31.5 Å². The van der Waals surface area contributed by atoms with Crippen molar-refractivity contribution in [2.24, 2.45) is 5.92 Å². The minimum atomic E-state index is -0.670. The van der Waals surface area contributed by atoms with Crippen LogP contribution in [0.5, 0.6) is 5.75 Å². The maximum atomic E-state index is 12.4. The third-order valence-corrected chi connectivity index (χ3v) is 4.01. The first-order chi connectivity index (χ1) is 11.2. The second-order valence-corrected chi connectivity index (χ2v) is 5.59. The predicted octanol–water partition coefficient (Wildman–Crippen LogP) is 2.96. The fourth-order valence-corrected chi connectivity index (χ4v) is 2.78. The Morgan fingerprint density at radius 2 is 2.13 bits per heavy atom. The molecule has 0 spiro atoms. The van der Waals surface area contributed by atoms with Gasteiger partial charge in [0.05, 0.1) is 7.11 Å².